The van der Waals surface area contributed by atoms with Gasteiger partial charge in [-0.25, -0.2) is 9.18 Å². The molecule has 0 aromatic heterocycles. The molecule has 0 aliphatic heterocycles. The zero-order valence-electron chi connectivity index (χ0n) is 16.7. The van der Waals surface area contributed by atoms with Crippen LogP contribution in [0.4, 0.5) is 10.1 Å². The first kappa shape index (κ1) is 22.4. The topological polar surface area (TPSA) is 81.4 Å². The number of halogens is 1. The molecule has 1 amide bonds. The lowest BCUT2D eigenvalue weighted by Crippen LogP contribution is -2.41. The van der Waals surface area contributed by atoms with E-state index in [0.29, 0.717) is 16.8 Å². The summed E-state index contributed by atoms with van der Waals surface area (Å²) in [4.78, 5) is 24.9. The zero-order chi connectivity index (χ0) is 22.1. The lowest BCUT2D eigenvalue weighted by Gasteiger charge is -2.15. The van der Waals surface area contributed by atoms with Gasteiger partial charge < -0.3 is 15.8 Å². The smallest absolute Gasteiger partial charge is 0.329 e. The van der Waals surface area contributed by atoms with Crippen LogP contribution in [0.3, 0.4) is 0 Å². The normalized spacial score (nSPS) is 10.9. The van der Waals surface area contributed by atoms with Gasteiger partial charge in [-0.2, -0.15) is 0 Å². The van der Waals surface area contributed by atoms with Gasteiger partial charge in [0.05, 0.1) is 12.2 Å². The van der Waals surface area contributed by atoms with Crippen molar-refractivity contribution in [1.82, 2.24) is 5.32 Å². The number of benzene rings is 2. The fourth-order valence-corrected chi connectivity index (χ4v) is 2.64. The first-order valence-electron chi connectivity index (χ1n) is 9.29. The number of carbonyl (C=O) groups excluding carboxylic acids is 2. The number of nitrogen functional groups attached to an aromatic ring is 1. The van der Waals surface area contributed by atoms with Crippen LogP contribution < -0.4 is 11.1 Å². The van der Waals surface area contributed by atoms with E-state index >= 15 is 0 Å². The van der Waals surface area contributed by atoms with Crippen molar-refractivity contribution in [2.75, 3.05) is 12.3 Å². The zero-order valence-corrected chi connectivity index (χ0v) is 16.7. The number of rotatable bonds is 7. The summed E-state index contributed by atoms with van der Waals surface area (Å²) < 4.78 is 18.4. The number of nitrogens with two attached hydrogens (primary N) is 1. The second-order valence-electron chi connectivity index (χ2n) is 6.27. The fraction of sp³-hybridized carbons (Fsp3) is 0.167. The van der Waals surface area contributed by atoms with Crippen LogP contribution in [0.5, 0.6) is 0 Å². The van der Waals surface area contributed by atoms with Crippen LogP contribution in [0.15, 0.2) is 49.6 Å². The molecule has 2 rings (SSSR count). The summed E-state index contributed by atoms with van der Waals surface area (Å²) >= 11 is 0. The summed E-state index contributed by atoms with van der Waals surface area (Å²) in [6.07, 6.45) is 3.25. The Hall–Kier alpha value is -3.85. The second kappa shape index (κ2) is 10.6. The largest absolute Gasteiger partial charge is 0.464 e. The third-order valence-corrected chi connectivity index (χ3v) is 4.21. The van der Waals surface area contributed by atoms with Crippen LogP contribution >= 0.6 is 0 Å². The van der Waals surface area contributed by atoms with Gasteiger partial charge in [0.15, 0.2) is 0 Å². The molecule has 0 aliphatic carbocycles. The van der Waals surface area contributed by atoms with E-state index in [1.165, 1.54) is 18.2 Å². The first-order chi connectivity index (χ1) is 14.4. The van der Waals surface area contributed by atoms with Gasteiger partial charge in [-0.3, -0.25) is 4.79 Å². The van der Waals surface area contributed by atoms with Crippen LogP contribution in [-0.4, -0.2) is 24.5 Å². The number of hydrogen-bond donors (Lipinski definition) is 2. The molecule has 0 spiro atoms. The van der Waals surface area contributed by atoms with Crippen molar-refractivity contribution in [3.63, 3.8) is 0 Å². The summed E-state index contributed by atoms with van der Waals surface area (Å²) in [7, 11) is 0. The monoisotopic (exact) mass is 406 g/mol. The highest BCUT2D eigenvalue weighted by Gasteiger charge is 2.22. The van der Waals surface area contributed by atoms with E-state index in [1.807, 2.05) is 0 Å². The van der Waals surface area contributed by atoms with Gasteiger partial charge in [0, 0.05) is 17.7 Å². The minimum Gasteiger partial charge on any atom is -0.464 e. The van der Waals surface area contributed by atoms with Crippen molar-refractivity contribution >= 4 is 29.7 Å². The highest BCUT2D eigenvalue weighted by atomic mass is 19.1. The molecule has 2 aromatic carbocycles. The molecule has 0 bridgehead atoms. The summed E-state index contributed by atoms with van der Waals surface area (Å²) in [6, 6.07) is 7.88. The molecule has 0 saturated heterocycles. The molecule has 30 heavy (non-hydrogen) atoms. The van der Waals surface area contributed by atoms with E-state index < -0.39 is 23.7 Å². The molecule has 0 saturated carbocycles. The average molecular weight is 406 g/mol. The maximum atomic E-state index is 13.4. The molecule has 0 fully saturated rings. The van der Waals surface area contributed by atoms with Crippen LogP contribution in [0.1, 0.15) is 40.4 Å². The van der Waals surface area contributed by atoms with Crippen LogP contribution in [-0.2, 0) is 9.53 Å². The Morgan fingerprint density at radius 2 is 1.93 bits per heavy atom. The van der Waals surface area contributed by atoms with Crippen molar-refractivity contribution in [1.29, 1.82) is 0 Å². The molecule has 154 valence electrons. The molecule has 5 nitrogen and oxygen atoms in total. The van der Waals surface area contributed by atoms with E-state index in [1.54, 1.807) is 37.3 Å². The number of carbonyl (C=O) groups is 2. The lowest BCUT2D eigenvalue weighted by molar-refractivity contribution is -0.145. The molecule has 2 aromatic rings. The number of amides is 1. The van der Waals surface area contributed by atoms with E-state index in [0.717, 1.165) is 11.1 Å². The van der Waals surface area contributed by atoms with Gasteiger partial charge in [0.2, 0.25) is 0 Å². The Bertz CT molecular complexity index is 1030. The van der Waals surface area contributed by atoms with Crippen LogP contribution in [0.25, 0.3) is 12.2 Å². The molecule has 6 heteroatoms. The third kappa shape index (κ3) is 5.82. The summed E-state index contributed by atoms with van der Waals surface area (Å²) in [5, 5.41) is 2.64. The predicted molar refractivity (Wildman–Crippen MR) is 117 cm³/mol. The Morgan fingerprint density at radius 1 is 1.20 bits per heavy atom. The second-order valence-corrected chi connectivity index (χ2v) is 6.27. The van der Waals surface area contributed by atoms with Gasteiger partial charge in [-0.15, -0.1) is 0 Å². The van der Waals surface area contributed by atoms with Gasteiger partial charge in [-0.1, -0.05) is 43.2 Å². The highest BCUT2D eigenvalue weighted by Crippen LogP contribution is 2.15. The number of anilines is 1. The predicted octanol–water partition coefficient (Wildman–Crippen LogP) is 3.80. The summed E-state index contributed by atoms with van der Waals surface area (Å²) in [6.45, 7) is 9.27. The molecule has 1 unspecified atom stereocenters. The Kier molecular flexibility index (Phi) is 7.95. The van der Waals surface area contributed by atoms with Gasteiger partial charge in [-0.05, 0) is 48.4 Å². The first-order valence-corrected chi connectivity index (χ1v) is 9.29. The van der Waals surface area contributed by atoms with Gasteiger partial charge in [0.25, 0.3) is 5.91 Å². The third-order valence-electron chi connectivity index (χ3n) is 4.21. The summed E-state index contributed by atoms with van der Waals surface area (Å²) in [5.74, 6) is 3.95. The average Bonchev–Trinajstić information content (AvgIpc) is 2.74. The van der Waals surface area contributed by atoms with E-state index in [9.17, 15) is 14.0 Å². The van der Waals surface area contributed by atoms with Crippen LogP contribution in [0.2, 0.25) is 0 Å². The minimum atomic E-state index is -0.994. The van der Waals surface area contributed by atoms with Crippen molar-refractivity contribution in [3.05, 3.63) is 77.6 Å². The molecule has 0 radical (unpaired) electrons. The van der Waals surface area contributed by atoms with Gasteiger partial charge in [0.1, 0.15) is 11.9 Å². The molecule has 3 N–H and O–H groups in total. The quantitative estimate of drug-likeness (QED) is 0.416. The maximum Gasteiger partial charge on any atom is 0.329 e. The van der Waals surface area contributed by atoms with Crippen molar-refractivity contribution in [2.45, 2.75) is 19.4 Å². The number of esters is 1. The number of ether oxygens (including phenoxy) is 1. The molecular formula is C24H23FN2O3. The molecule has 0 aliphatic rings. The Morgan fingerprint density at radius 3 is 2.60 bits per heavy atom. The van der Waals surface area contributed by atoms with Crippen molar-refractivity contribution in [2.24, 2.45) is 0 Å². The fourth-order valence-electron chi connectivity index (χ4n) is 2.64. The van der Waals surface area contributed by atoms with E-state index in [-0.39, 0.29) is 13.0 Å². The molecule has 0 heterocycles. The minimum absolute atomic E-state index is 0.0282. The Labute approximate surface area is 175 Å². The summed E-state index contributed by atoms with van der Waals surface area (Å²) in [5.41, 5.74) is 8.33. The Balaban J connectivity index is 2.21. The van der Waals surface area contributed by atoms with Crippen LogP contribution in [0, 0.1) is 17.7 Å². The number of hydrogen-bond acceptors (Lipinski definition) is 4. The lowest BCUT2D eigenvalue weighted by atomic mass is 10.0. The SMILES string of the molecule is C=Cc1ccc(C(=O)NC(CC#Cc2cc(F)ccc2N)C(=O)OCC)cc1C=C. The number of nitrogens with one attached hydrogen (secondary N) is 1. The van der Waals surface area contributed by atoms with E-state index in [4.69, 9.17) is 10.5 Å². The van der Waals surface area contributed by atoms with Crippen molar-refractivity contribution in [3.8, 4) is 11.8 Å². The molecular weight excluding hydrogens is 383 g/mol. The maximum absolute atomic E-state index is 13.4. The standard InChI is InChI=1S/C24H23FN2O3/c1-4-16-10-11-19(14-17(16)5-2)23(28)27-22(24(29)30-6-3)9-7-8-18-15-20(25)12-13-21(18)26/h4-5,10-15,22H,1-2,6,9,26H2,3H3,(H,27,28). The van der Waals surface area contributed by atoms with Crippen molar-refractivity contribution < 1.29 is 18.7 Å². The van der Waals surface area contributed by atoms with E-state index in [2.05, 4.69) is 30.3 Å². The molecule has 1 atom stereocenters. The highest BCUT2D eigenvalue weighted by molar-refractivity contribution is 5.97. The van der Waals surface area contributed by atoms with Gasteiger partial charge >= 0.3 is 5.97 Å².